The summed E-state index contributed by atoms with van der Waals surface area (Å²) in [7, 11) is 0. The quantitative estimate of drug-likeness (QED) is 0.570. The minimum atomic E-state index is -0.393. The van der Waals surface area contributed by atoms with Crippen LogP contribution in [0, 0.1) is 12.8 Å². The number of carbonyl (C=O) groups is 3. The molecule has 1 aromatic rings. The van der Waals surface area contributed by atoms with Crippen LogP contribution in [0.2, 0.25) is 5.02 Å². The van der Waals surface area contributed by atoms with Gasteiger partial charge in [-0.1, -0.05) is 29.8 Å². The lowest BCUT2D eigenvalue weighted by Gasteiger charge is -2.22. The molecule has 6 nitrogen and oxygen atoms in total. The minimum Gasteiger partial charge on any atom is -0.455 e. The van der Waals surface area contributed by atoms with Crippen LogP contribution in [0.3, 0.4) is 0 Å². The van der Waals surface area contributed by atoms with Gasteiger partial charge in [0, 0.05) is 17.3 Å². The molecule has 2 rings (SSSR count). The molecule has 1 aliphatic rings. The van der Waals surface area contributed by atoms with Crippen LogP contribution in [0.1, 0.15) is 31.7 Å². The monoisotopic (exact) mass is 392 g/mol. The van der Waals surface area contributed by atoms with Crippen LogP contribution in [-0.4, -0.2) is 42.4 Å². The van der Waals surface area contributed by atoms with E-state index in [0.717, 1.165) is 18.4 Å². The Hall–Kier alpha value is -2.34. The van der Waals surface area contributed by atoms with Gasteiger partial charge in [0.05, 0.1) is 12.5 Å². The van der Waals surface area contributed by atoms with Gasteiger partial charge in [0.2, 0.25) is 5.91 Å². The van der Waals surface area contributed by atoms with E-state index < -0.39 is 5.91 Å². The van der Waals surface area contributed by atoms with E-state index >= 15 is 0 Å². The zero-order valence-electron chi connectivity index (χ0n) is 15.7. The van der Waals surface area contributed by atoms with Crippen molar-refractivity contribution in [3.05, 3.63) is 40.9 Å². The first-order chi connectivity index (χ1) is 12.9. The normalized spacial score (nSPS) is 15.9. The Balaban J connectivity index is 1.84. The van der Waals surface area contributed by atoms with E-state index in [-0.39, 0.29) is 30.9 Å². The highest BCUT2D eigenvalue weighted by molar-refractivity contribution is 6.31. The number of likely N-dealkylation sites (N-methyl/N-ethyl adjacent to an activating group) is 1. The predicted molar refractivity (Wildman–Crippen MR) is 105 cm³/mol. The molecule has 1 atom stereocenters. The topological polar surface area (TPSA) is 75.7 Å². The molecule has 0 spiro atoms. The number of nitrogens with one attached hydrogen (secondary N) is 1. The number of hydrogen-bond acceptors (Lipinski definition) is 4. The molecule has 2 amide bonds. The summed E-state index contributed by atoms with van der Waals surface area (Å²) >= 11 is 5.95. The second kappa shape index (κ2) is 10.1. The number of ether oxygens (including phenoxy) is 1. The van der Waals surface area contributed by atoms with E-state index in [9.17, 15) is 14.4 Å². The number of halogens is 1. The molecule has 1 aliphatic carbocycles. The number of allylic oxidation sites excluding steroid dienone is 2. The Labute approximate surface area is 164 Å². The number of esters is 1. The minimum absolute atomic E-state index is 0.120. The summed E-state index contributed by atoms with van der Waals surface area (Å²) in [4.78, 5) is 38.0. The van der Waals surface area contributed by atoms with Crippen molar-refractivity contribution in [2.24, 2.45) is 5.92 Å². The zero-order chi connectivity index (χ0) is 19.8. The number of nitrogens with zero attached hydrogens (tertiary/aromatic N) is 1. The summed E-state index contributed by atoms with van der Waals surface area (Å²) < 4.78 is 5.15. The smallest absolute Gasteiger partial charge is 0.309 e. The summed E-state index contributed by atoms with van der Waals surface area (Å²) in [6.45, 7) is 3.49. The molecule has 0 fully saturated rings. The molecule has 0 aromatic heterocycles. The highest BCUT2D eigenvalue weighted by atomic mass is 35.5. The Kier molecular flexibility index (Phi) is 7.85. The Morgan fingerprint density at radius 1 is 1.30 bits per heavy atom. The standard InChI is InChI=1S/C20H25ClN2O4/c1-3-23(12-18(24)22-17-11-16(21)10-9-14(17)2)19(25)13-27-20(26)15-7-5-4-6-8-15/h4-5,9-11,15H,3,6-8,12-13H2,1-2H3,(H,22,24)/t15-/m0/s1. The summed E-state index contributed by atoms with van der Waals surface area (Å²) in [5.41, 5.74) is 1.48. The molecule has 0 aliphatic heterocycles. The average molecular weight is 393 g/mol. The van der Waals surface area contributed by atoms with E-state index in [0.29, 0.717) is 23.7 Å². The molecule has 146 valence electrons. The Morgan fingerprint density at radius 2 is 2.07 bits per heavy atom. The SMILES string of the molecule is CCN(CC(=O)Nc1cc(Cl)ccc1C)C(=O)COC(=O)[C@H]1CC=CCC1. The lowest BCUT2D eigenvalue weighted by atomic mass is 9.95. The van der Waals surface area contributed by atoms with E-state index in [4.69, 9.17) is 16.3 Å². The fourth-order valence-electron chi connectivity index (χ4n) is 2.82. The fourth-order valence-corrected chi connectivity index (χ4v) is 2.99. The molecule has 0 unspecified atom stereocenters. The summed E-state index contributed by atoms with van der Waals surface area (Å²) in [6.07, 6.45) is 6.22. The summed E-state index contributed by atoms with van der Waals surface area (Å²) in [5, 5.41) is 3.27. The van der Waals surface area contributed by atoms with Crippen molar-refractivity contribution in [1.82, 2.24) is 4.90 Å². The molecule has 0 bridgehead atoms. The van der Waals surface area contributed by atoms with Crippen LogP contribution in [0.25, 0.3) is 0 Å². The van der Waals surface area contributed by atoms with Gasteiger partial charge in [-0.15, -0.1) is 0 Å². The van der Waals surface area contributed by atoms with Crippen LogP contribution in [0.4, 0.5) is 5.69 Å². The van der Waals surface area contributed by atoms with Gasteiger partial charge in [-0.05, 0) is 50.8 Å². The number of rotatable bonds is 7. The van der Waals surface area contributed by atoms with Crippen molar-refractivity contribution in [3.8, 4) is 0 Å². The first kappa shape index (κ1) is 21.0. The van der Waals surface area contributed by atoms with Gasteiger partial charge in [-0.2, -0.15) is 0 Å². The Morgan fingerprint density at radius 3 is 2.74 bits per heavy atom. The molecular weight excluding hydrogens is 368 g/mol. The third-order valence-corrected chi connectivity index (χ3v) is 4.72. The van der Waals surface area contributed by atoms with Gasteiger partial charge < -0.3 is 15.0 Å². The van der Waals surface area contributed by atoms with Gasteiger partial charge in [0.1, 0.15) is 0 Å². The molecule has 0 saturated carbocycles. The molecular formula is C20H25ClN2O4. The van der Waals surface area contributed by atoms with Gasteiger partial charge in [0.25, 0.3) is 5.91 Å². The van der Waals surface area contributed by atoms with Crippen molar-refractivity contribution in [2.75, 3.05) is 25.0 Å². The highest BCUT2D eigenvalue weighted by Gasteiger charge is 2.23. The zero-order valence-corrected chi connectivity index (χ0v) is 16.4. The molecule has 1 aromatic carbocycles. The number of benzene rings is 1. The maximum atomic E-state index is 12.3. The molecule has 7 heteroatoms. The van der Waals surface area contributed by atoms with Gasteiger partial charge in [0.15, 0.2) is 6.61 Å². The third-order valence-electron chi connectivity index (χ3n) is 4.48. The number of hydrogen-bond donors (Lipinski definition) is 1. The van der Waals surface area contributed by atoms with Gasteiger partial charge >= 0.3 is 5.97 Å². The maximum absolute atomic E-state index is 12.3. The number of amides is 2. The molecule has 0 heterocycles. The van der Waals surface area contributed by atoms with E-state index in [1.807, 2.05) is 19.1 Å². The van der Waals surface area contributed by atoms with Crippen molar-refractivity contribution in [2.45, 2.75) is 33.1 Å². The van der Waals surface area contributed by atoms with E-state index in [1.165, 1.54) is 4.90 Å². The second-order valence-corrected chi connectivity index (χ2v) is 6.94. The van der Waals surface area contributed by atoms with Crippen LogP contribution >= 0.6 is 11.6 Å². The fraction of sp³-hybridized carbons (Fsp3) is 0.450. The Bertz CT molecular complexity index is 733. The first-order valence-corrected chi connectivity index (χ1v) is 9.44. The van der Waals surface area contributed by atoms with Crippen molar-refractivity contribution in [1.29, 1.82) is 0 Å². The molecule has 0 saturated heterocycles. The van der Waals surface area contributed by atoms with Crippen LogP contribution in [0.15, 0.2) is 30.4 Å². The second-order valence-electron chi connectivity index (χ2n) is 6.50. The van der Waals surface area contributed by atoms with Crippen molar-refractivity contribution >= 4 is 35.1 Å². The molecule has 0 radical (unpaired) electrons. The summed E-state index contributed by atoms with van der Waals surface area (Å²) in [5.74, 6) is -1.27. The van der Waals surface area contributed by atoms with E-state index in [2.05, 4.69) is 5.32 Å². The third kappa shape index (κ3) is 6.40. The lowest BCUT2D eigenvalue weighted by Crippen LogP contribution is -2.40. The molecule has 1 N–H and O–H groups in total. The van der Waals surface area contributed by atoms with Gasteiger partial charge in [-0.3, -0.25) is 14.4 Å². The van der Waals surface area contributed by atoms with Crippen LogP contribution in [0.5, 0.6) is 0 Å². The largest absolute Gasteiger partial charge is 0.455 e. The predicted octanol–water partition coefficient (Wildman–Crippen LogP) is 3.33. The van der Waals surface area contributed by atoms with Crippen molar-refractivity contribution in [3.63, 3.8) is 0 Å². The average Bonchev–Trinajstić information content (AvgIpc) is 2.67. The van der Waals surface area contributed by atoms with Crippen LogP contribution < -0.4 is 5.32 Å². The van der Waals surface area contributed by atoms with E-state index in [1.54, 1.807) is 25.1 Å². The summed E-state index contributed by atoms with van der Waals surface area (Å²) in [6, 6.07) is 5.21. The van der Waals surface area contributed by atoms with Crippen LogP contribution in [-0.2, 0) is 19.1 Å². The maximum Gasteiger partial charge on any atom is 0.309 e. The number of aryl methyl sites for hydroxylation is 1. The first-order valence-electron chi connectivity index (χ1n) is 9.06. The lowest BCUT2D eigenvalue weighted by molar-refractivity contribution is -0.155. The number of carbonyl (C=O) groups excluding carboxylic acids is 3. The highest BCUT2D eigenvalue weighted by Crippen LogP contribution is 2.20. The number of anilines is 1. The van der Waals surface area contributed by atoms with Gasteiger partial charge in [-0.25, -0.2) is 0 Å². The molecule has 27 heavy (non-hydrogen) atoms. The van der Waals surface area contributed by atoms with Crippen molar-refractivity contribution < 1.29 is 19.1 Å².